The lowest BCUT2D eigenvalue weighted by molar-refractivity contribution is 0.296. The zero-order valence-corrected chi connectivity index (χ0v) is 15.2. The monoisotopic (exact) mass is 348 g/mol. The first-order valence-electron chi connectivity index (χ1n) is 8.35. The Bertz CT molecular complexity index is 601. The van der Waals surface area contributed by atoms with Crippen LogP contribution in [0.5, 0.6) is 0 Å². The van der Waals surface area contributed by atoms with E-state index in [1.165, 1.54) is 39.7 Å². The van der Waals surface area contributed by atoms with Gasteiger partial charge in [0.05, 0.1) is 11.7 Å². The van der Waals surface area contributed by atoms with E-state index in [1.807, 2.05) is 11.3 Å². The number of hydrogen-bond donors (Lipinski definition) is 2. The molecule has 2 aromatic rings. The van der Waals surface area contributed by atoms with E-state index >= 15 is 0 Å². The second-order valence-corrected chi connectivity index (χ2v) is 8.23. The van der Waals surface area contributed by atoms with E-state index < -0.39 is 0 Å². The number of thioether (sulfide) groups is 1. The predicted octanol–water partition coefficient (Wildman–Crippen LogP) is 4.67. The van der Waals surface area contributed by atoms with Crippen LogP contribution in [-0.4, -0.2) is 22.5 Å². The first-order chi connectivity index (χ1) is 11.3. The Morgan fingerprint density at radius 1 is 1.26 bits per heavy atom. The summed E-state index contributed by atoms with van der Waals surface area (Å²) in [6.45, 7) is 2.45. The van der Waals surface area contributed by atoms with Gasteiger partial charge in [0.15, 0.2) is 0 Å². The third kappa shape index (κ3) is 4.49. The van der Waals surface area contributed by atoms with Crippen molar-refractivity contribution in [3.8, 4) is 0 Å². The van der Waals surface area contributed by atoms with Gasteiger partial charge in [0.1, 0.15) is 5.01 Å². The summed E-state index contributed by atoms with van der Waals surface area (Å²) < 4.78 is 0. The van der Waals surface area contributed by atoms with Crippen LogP contribution < -0.4 is 5.32 Å². The van der Waals surface area contributed by atoms with E-state index in [4.69, 9.17) is 10.1 Å². The molecule has 0 bridgehead atoms. The molecule has 1 aromatic heterocycles. The van der Waals surface area contributed by atoms with Crippen LogP contribution in [0.2, 0.25) is 0 Å². The number of aromatic nitrogens is 1. The Labute approximate surface area is 146 Å². The molecule has 1 heterocycles. The van der Waals surface area contributed by atoms with Crippen LogP contribution in [0.1, 0.15) is 47.8 Å². The zero-order valence-electron chi connectivity index (χ0n) is 13.5. The minimum absolute atomic E-state index is 0.249. The van der Waals surface area contributed by atoms with Crippen molar-refractivity contribution < 1.29 is 5.11 Å². The van der Waals surface area contributed by atoms with E-state index in [0.29, 0.717) is 0 Å². The van der Waals surface area contributed by atoms with Gasteiger partial charge in [-0.05, 0) is 63.3 Å². The highest BCUT2D eigenvalue weighted by Gasteiger charge is 2.18. The van der Waals surface area contributed by atoms with Crippen molar-refractivity contribution in [2.24, 2.45) is 0 Å². The van der Waals surface area contributed by atoms with E-state index in [-0.39, 0.29) is 12.6 Å². The molecule has 0 fully saturated rings. The SMILES string of the molecule is CC(Nc1ccc(SCCCO)cc1)c1nc2c(s1)CCCC2. The molecule has 1 aliphatic rings. The molecule has 5 heteroatoms. The molecule has 3 nitrogen and oxygen atoms in total. The fourth-order valence-electron chi connectivity index (χ4n) is 2.77. The standard InChI is InChI=1S/C18H24N2OS2/c1-13(18-20-16-5-2-3-6-17(16)23-18)19-14-7-9-15(10-8-14)22-12-4-11-21/h7-10,13,19,21H,2-6,11-12H2,1H3. The molecule has 0 saturated heterocycles. The number of fused-ring (bicyclic) bond motifs is 1. The van der Waals surface area contributed by atoms with Crippen molar-refractivity contribution in [3.63, 3.8) is 0 Å². The molecular weight excluding hydrogens is 324 g/mol. The Kier molecular flexibility index (Phi) is 5.97. The molecule has 2 N–H and O–H groups in total. The lowest BCUT2D eigenvalue weighted by Gasteiger charge is -2.13. The van der Waals surface area contributed by atoms with Crippen LogP contribution in [0.25, 0.3) is 0 Å². The van der Waals surface area contributed by atoms with E-state index in [0.717, 1.165) is 24.3 Å². The Morgan fingerprint density at radius 3 is 2.78 bits per heavy atom. The minimum Gasteiger partial charge on any atom is -0.396 e. The second-order valence-electron chi connectivity index (χ2n) is 5.95. The largest absolute Gasteiger partial charge is 0.396 e. The maximum Gasteiger partial charge on any atom is 0.115 e. The van der Waals surface area contributed by atoms with E-state index in [1.54, 1.807) is 11.8 Å². The molecule has 1 unspecified atom stereocenters. The molecule has 0 aliphatic heterocycles. The molecule has 23 heavy (non-hydrogen) atoms. The molecule has 0 amide bonds. The summed E-state index contributed by atoms with van der Waals surface area (Å²) in [7, 11) is 0. The molecule has 124 valence electrons. The van der Waals surface area contributed by atoms with Crippen LogP contribution in [0, 0.1) is 0 Å². The van der Waals surface area contributed by atoms with Gasteiger partial charge in [-0.1, -0.05) is 0 Å². The van der Waals surface area contributed by atoms with Gasteiger partial charge in [0.2, 0.25) is 0 Å². The Morgan fingerprint density at radius 2 is 2.04 bits per heavy atom. The average Bonchev–Trinajstić information content (AvgIpc) is 3.01. The highest BCUT2D eigenvalue weighted by molar-refractivity contribution is 7.99. The highest BCUT2D eigenvalue weighted by atomic mass is 32.2. The molecule has 1 atom stereocenters. The van der Waals surface area contributed by atoms with Crippen molar-refractivity contribution in [2.45, 2.75) is 50.0 Å². The summed E-state index contributed by atoms with van der Waals surface area (Å²) in [5.41, 5.74) is 2.47. The van der Waals surface area contributed by atoms with Gasteiger partial charge in [0.25, 0.3) is 0 Å². The summed E-state index contributed by atoms with van der Waals surface area (Å²) in [6, 6.07) is 8.79. The molecule has 0 radical (unpaired) electrons. The van der Waals surface area contributed by atoms with E-state index in [9.17, 15) is 0 Å². The normalized spacial score (nSPS) is 15.2. The summed E-state index contributed by atoms with van der Waals surface area (Å²) in [5.74, 6) is 0.963. The quantitative estimate of drug-likeness (QED) is 0.564. The van der Waals surface area contributed by atoms with Crippen LogP contribution in [0.3, 0.4) is 0 Å². The van der Waals surface area contributed by atoms with Gasteiger partial charge >= 0.3 is 0 Å². The number of rotatable bonds is 7. The third-order valence-electron chi connectivity index (χ3n) is 4.04. The zero-order chi connectivity index (χ0) is 16.1. The van der Waals surface area contributed by atoms with Crippen molar-refractivity contribution in [2.75, 3.05) is 17.7 Å². The maximum absolute atomic E-state index is 8.83. The highest BCUT2D eigenvalue weighted by Crippen LogP contribution is 2.31. The van der Waals surface area contributed by atoms with Crippen molar-refractivity contribution in [1.29, 1.82) is 0 Å². The smallest absolute Gasteiger partial charge is 0.115 e. The molecular formula is C18H24N2OS2. The molecule has 1 aromatic carbocycles. The van der Waals surface area contributed by atoms with Gasteiger partial charge in [-0.25, -0.2) is 4.98 Å². The van der Waals surface area contributed by atoms with Gasteiger partial charge < -0.3 is 10.4 Å². The lowest BCUT2D eigenvalue weighted by atomic mass is 10.0. The summed E-state index contributed by atoms with van der Waals surface area (Å²) in [6.07, 6.45) is 5.80. The maximum atomic E-state index is 8.83. The van der Waals surface area contributed by atoms with Crippen LogP contribution in [0.15, 0.2) is 29.2 Å². The number of benzene rings is 1. The van der Waals surface area contributed by atoms with Gasteiger partial charge in [-0.3, -0.25) is 0 Å². The number of thiazole rings is 1. The predicted molar refractivity (Wildman–Crippen MR) is 99.7 cm³/mol. The fraction of sp³-hybridized carbons (Fsp3) is 0.500. The van der Waals surface area contributed by atoms with Crippen molar-refractivity contribution in [1.82, 2.24) is 4.98 Å². The molecule has 3 rings (SSSR count). The number of hydrogen-bond acceptors (Lipinski definition) is 5. The number of nitrogens with zero attached hydrogens (tertiary/aromatic N) is 1. The van der Waals surface area contributed by atoms with Crippen LogP contribution in [-0.2, 0) is 12.8 Å². The molecule has 0 spiro atoms. The summed E-state index contributed by atoms with van der Waals surface area (Å²) in [5, 5.41) is 13.6. The van der Waals surface area contributed by atoms with Crippen molar-refractivity contribution in [3.05, 3.63) is 39.8 Å². The van der Waals surface area contributed by atoms with Crippen LogP contribution in [0.4, 0.5) is 5.69 Å². The second kappa shape index (κ2) is 8.18. The first-order valence-corrected chi connectivity index (χ1v) is 10.1. The minimum atomic E-state index is 0.249. The average molecular weight is 349 g/mol. The number of aliphatic hydroxyl groups is 1. The Balaban J connectivity index is 1.59. The van der Waals surface area contributed by atoms with Gasteiger partial charge in [-0.15, -0.1) is 23.1 Å². The van der Waals surface area contributed by atoms with Gasteiger partial charge in [-0.2, -0.15) is 0 Å². The summed E-state index contributed by atoms with van der Waals surface area (Å²) in [4.78, 5) is 7.59. The third-order valence-corrected chi connectivity index (χ3v) is 6.48. The van der Waals surface area contributed by atoms with Crippen LogP contribution >= 0.6 is 23.1 Å². The first kappa shape index (κ1) is 16.8. The number of nitrogens with one attached hydrogen (secondary N) is 1. The van der Waals surface area contributed by atoms with Gasteiger partial charge in [0, 0.05) is 27.8 Å². The van der Waals surface area contributed by atoms with E-state index in [2.05, 4.69) is 36.5 Å². The summed E-state index contributed by atoms with van der Waals surface area (Å²) >= 11 is 3.67. The number of aliphatic hydroxyl groups excluding tert-OH is 1. The fourth-order valence-corrected chi connectivity index (χ4v) is 4.76. The topological polar surface area (TPSA) is 45.1 Å². The lowest BCUT2D eigenvalue weighted by Crippen LogP contribution is -2.06. The molecule has 0 saturated carbocycles. The number of anilines is 1. The van der Waals surface area contributed by atoms with Crippen molar-refractivity contribution >= 4 is 28.8 Å². The Hall–Kier alpha value is -1.04. The molecule has 1 aliphatic carbocycles. The number of aryl methyl sites for hydroxylation is 2.